The van der Waals surface area contributed by atoms with Gasteiger partial charge in [-0.2, -0.15) is 0 Å². The van der Waals surface area contributed by atoms with Crippen molar-refractivity contribution < 1.29 is 24.2 Å². The van der Waals surface area contributed by atoms with Crippen molar-refractivity contribution in [1.29, 1.82) is 0 Å². The Morgan fingerprint density at radius 3 is 2.84 bits per heavy atom. The predicted molar refractivity (Wildman–Crippen MR) is 70.0 cm³/mol. The van der Waals surface area contributed by atoms with Crippen molar-refractivity contribution in [2.24, 2.45) is 5.16 Å². The summed E-state index contributed by atoms with van der Waals surface area (Å²) < 4.78 is 10.7. The van der Waals surface area contributed by atoms with Gasteiger partial charge in [-0.05, 0) is 24.6 Å². The van der Waals surface area contributed by atoms with Gasteiger partial charge in [0.25, 0.3) is 0 Å². The lowest BCUT2D eigenvalue weighted by Gasteiger charge is -2.10. The van der Waals surface area contributed by atoms with Crippen LogP contribution in [0.2, 0.25) is 0 Å². The maximum Gasteiger partial charge on any atom is 0.344 e. The minimum Gasteiger partial charge on any atom is -0.493 e. The first-order valence-corrected chi connectivity index (χ1v) is 5.85. The van der Waals surface area contributed by atoms with E-state index in [0.717, 1.165) is 12.0 Å². The molecule has 1 rings (SSSR count). The molecule has 0 unspecified atom stereocenters. The van der Waals surface area contributed by atoms with Crippen LogP contribution < -0.4 is 9.47 Å². The first-order chi connectivity index (χ1) is 9.17. The first-order valence-electron chi connectivity index (χ1n) is 5.85. The van der Waals surface area contributed by atoms with E-state index in [0.29, 0.717) is 18.1 Å². The van der Waals surface area contributed by atoms with E-state index in [-0.39, 0.29) is 0 Å². The van der Waals surface area contributed by atoms with Gasteiger partial charge < -0.3 is 19.4 Å². The minimum atomic E-state index is -1.07. The molecule has 0 fully saturated rings. The van der Waals surface area contributed by atoms with E-state index in [1.807, 2.05) is 6.92 Å². The summed E-state index contributed by atoms with van der Waals surface area (Å²) in [6, 6.07) is 5.27. The topological polar surface area (TPSA) is 77.4 Å². The molecule has 0 heterocycles. The lowest BCUT2D eigenvalue weighted by molar-refractivity contribution is -0.142. The molecular formula is C13H17NO5. The highest BCUT2D eigenvalue weighted by atomic mass is 16.6. The van der Waals surface area contributed by atoms with Gasteiger partial charge in [0, 0.05) is 5.56 Å². The normalized spacial score (nSPS) is 10.4. The Kier molecular flexibility index (Phi) is 6.21. The number of carboxylic acids is 1. The van der Waals surface area contributed by atoms with Crippen LogP contribution in [-0.4, -0.2) is 37.6 Å². The molecule has 0 amide bonds. The van der Waals surface area contributed by atoms with Crippen molar-refractivity contribution in [2.75, 3.05) is 20.3 Å². The lowest BCUT2D eigenvalue weighted by atomic mass is 10.2. The predicted octanol–water partition coefficient (Wildman–Crippen LogP) is 1.92. The second-order valence-electron chi connectivity index (χ2n) is 3.66. The zero-order valence-electron chi connectivity index (χ0n) is 11.0. The maximum atomic E-state index is 10.2. The molecule has 0 saturated carbocycles. The number of oxime groups is 1. The van der Waals surface area contributed by atoms with Crippen LogP contribution in [0.1, 0.15) is 18.9 Å². The number of ether oxygens (including phenoxy) is 2. The number of carbonyl (C=O) groups is 1. The third-order valence-corrected chi connectivity index (χ3v) is 2.11. The summed E-state index contributed by atoms with van der Waals surface area (Å²) in [5.74, 6) is 0.183. The van der Waals surface area contributed by atoms with E-state index in [9.17, 15) is 4.79 Å². The number of benzene rings is 1. The summed E-state index contributed by atoms with van der Waals surface area (Å²) in [6.45, 7) is 2.13. The van der Waals surface area contributed by atoms with Crippen molar-refractivity contribution in [3.05, 3.63) is 23.8 Å². The fourth-order valence-corrected chi connectivity index (χ4v) is 1.29. The SMILES string of the molecule is CCCOc1cc(C=NOCC(=O)O)ccc1OC. The number of hydrogen-bond donors (Lipinski definition) is 1. The molecule has 1 aromatic rings. The summed E-state index contributed by atoms with van der Waals surface area (Å²) in [7, 11) is 1.57. The second kappa shape index (κ2) is 7.97. The van der Waals surface area contributed by atoms with Gasteiger partial charge in [-0.1, -0.05) is 12.1 Å². The van der Waals surface area contributed by atoms with Crippen molar-refractivity contribution in [3.63, 3.8) is 0 Å². The van der Waals surface area contributed by atoms with Crippen LogP contribution in [0.15, 0.2) is 23.4 Å². The molecule has 0 aliphatic rings. The van der Waals surface area contributed by atoms with Gasteiger partial charge in [-0.3, -0.25) is 0 Å². The quantitative estimate of drug-likeness (QED) is 0.575. The summed E-state index contributed by atoms with van der Waals surface area (Å²) in [5.41, 5.74) is 0.734. The highest BCUT2D eigenvalue weighted by Crippen LogP contribution is 2.27. The Hall–Kier alpha value is -2.24. The van der Waals surface area contributed by atoms with E-state index in [2.05, 4.69) is 9.99 Å². The monoisotopic (exact) mass is 267 g/mol. The van der Waals surface area contributed by atoms with E-state index in [4.69, 9.17) is 14.6 Å². The van der Waals surface area contributed by atoms with Gasteiger partial charge in [-0.25, -0.2) is 4.79 Å². The molecule has 0 radical (unpaired) electrons. The van der Waals surface area contributed by atoms with E-state index < -0.39 is 12.6 Å². The van der Waals surface area contributed by atoms with Crippen LogP contribution in [0.3, 0.4) is 0 Å². The molecule has 0 aliphatic heterocycles. The molecule has 0 bridgehead atoms. The van der Waals surface area contributed by atoms with Crippen molar-refractivity contribution in [1.82, 2.24) is 0 Å². The fourth-order valence-electron chi connectivity index (χ4n) is 1.29. The Balaban J connectivity index is 2.71. The van der Waals surface area contributed by atoms with Gasteiger partial charge in [0.2, 0.25) is 6.61 Å². The number of nitrogens with zero attached hydrogens (tertiary/aromatic N) is 1. The first kappa shape index (κ1) is 14.8. The van der Waals surface area contributed by atoms with E-state index >= 15 is 0 Å². The molecule has 6 nitrogen and oxygen atoms in total. The van der Waals surface area contributed by atoms with Crippen molar-refractivity contribution >= 4 is 12.2 Å². The average Bonchev–Trinajstić information content (AvgIpc) is 2.41. The molecule has 19 heavy (non-hydrogen) atoms. The number of carboxylic acid groups (broad SMARTS) is 1. The van der Waals surface area contributed by atoms with Crippen molar-refractivity contribution in [3.8, 4) is 11.5 Å². The zero-order valence-corrected chi connectivity index (χ0v) is 11.0. The zero-order chi connectivity index (χ0) is 14.1. The van der Waals surface area contributed by atoms with E-state index in [1.165, 1.54) is 6.21 Å². The molecule has 1 aromatic carbocycles. The maximum absolute atomic E-state index is 10.2. The summed E-state index contributed by atoms with van der Waals surface area (Å²) >= 11 is 0. The van der Waals surface area contributed by atoms with Crippen LogP contribution in [-0.2, 0) is 9.63 Å². The molecule has 104 valence electrons. The van der Waals surface area contributed by atoms with Gasteiger partial charge >= 0.3 is 5.97 Å². The molecule has 0 spiro atoms. The van der Waals surface area contributed by atoms with Crippen LogP contribution >= 0.6 is 0 Å². The van der Waals surface area contributed by atoms with E-state index in [1.54, 1.807) is 25.3 Å². The molecule has 6 heteroatoms. The van der Waals surface area contributed by atoms with Crippen LogP contribution in [0.25, 0.3) is 0 Å². The molecule has 0 saturated heterocycles. The number of rotatable bonds is 8. The Morgan fingerprint density at radius 1 is 1.42 bits per heavy atom. The van der Waals surface area contributed by atoms with Gasteiger partial charge in [0.15, 0.2) is 11.5 Å². The smallest absolute Gasteiger partial charge is 0.344 e. The second-order valence-corrected chi connectivity index (χ2v) is 3.66. The Labute approximate surface area is 111 Å². The van der Waals surface area contributed by atoms with Gasteiger partial charge in [-0.15, -0.1) is 0 Å². The van der Waals surface area contributed by atoms with Crippen molar-refractivity contribution in [2.45, 2.75) is 13.3 Å². The van der Waals surface area contributed by atoms with Gasteiger partial charge in [0.1, 0.15) is 0 Å². The van der Waals surface area contributed by atoms with Crippen LogP contribution in [0.5, 0.6) is 11.5 Å². The Morgan fingerprint density at radius 2 is 2.21 bits per heavy atom. The standard InChI is InChI=1S/C13H17NO5/c1-3-6-18-12-7-10(4-5-11(12)17-2)8-14-19-9-13(15)16/h4-5,7-8H,3,6,9H2,1-2H3,(H,15,16). The summed E-state index contributed by atoms with van der Waals surface area (Å²) in [5, 5.41) is 11.9. The van der Waals surface area contributed by atoms with Crippen LogP contribution in [0.4, 0.5) is 0 Å². The number of methoxy groups -OCH3 is 1. The average molecular weight is 267 g/mol. The fraction of sp³-hybridized carbons (Fsp3) is 0.385. The van der Waals surface area contributed by atoms with Gasteiger partial charge in [0.05, 0.1) is 19.9 Å². The third-order valence-electron chi connectivity index (χ3n) is 2.11. The molecule has 0 aliphatic carbocycles. The minimum absolute atomic E-state index is 0.466. The highest BCUT2D eigenvalue weighted by molar-refractivity contribution is 5.80. The highest BCUT2D eigenvalue weighted by Gasteiger charge is 2.04. The third kappa shape index (κ3) is 5.29. The number of hydrogen-bond acceptors (Lipinski definition) is 5. The largest absolute Gasteiger partial charge is 0.493 e. The van der Waals surface area contributed by atoms with Crippen LogP contribution in [0, 0.1) is 0 Å². The lowest BCUT2D eigenvalue weighted by Crippen LogP contribution is -2.03. The summed E-state index contributed by atoms with van der Waals surface area (Å²) in [4.78, 5) is 14.8. The number of aliphatic carboxylic acids is 1. The Bertz CT molecular complexity index is 445. The molecular weight excluding hydrogens is 250 g/mol. The molecule has 1 N–H and O–H groups in total. The molecule has 0 aromatic heterocycles. The summed E-state index contributed by atoms with van der Waals surface area (Å²) in [6.07, 6.45) is 2.31. The molecule has 0 atom stereocenters.